The average molecular weight is 321 g/mol. The number of halogens is 2. The van der Waals surface area contributed by atoms with Gasteiger partial charge in [0.05, 0.1) is 6.10 Å². The minimum absolute atomic E-state index is 0.233. The number of hydrogen-bond donors (Lipinski definition) is 2. The average Bonchev–Trinajstić information content (AvgIpc) is 2.25. The third-order valence-corrected chi connectivity index (χ3v) is 2.92. The van der Waals surface area contributed by atoms with E-state index in [0.717, 1.165) is 10.9 Å². The van der Waals surface area contributed by atoms with Gasteiger partial charge in [0, 0.05) is 21.6 Å². The van der Waals surface area contributed by atoms with Gasteiger partial charge in [0.25, 0.3) is 5.91 Å². The van der Waals surface area contributed by atoms with E-state index in [4.69, 9.17) is 11.6 Å². The van der Waals surface area contributed by atoms with Crippen LogP contribution in [0.5, 0.6) is 0 Å². The molecule has 1 rings (SSSR count). The molecule has 3 nitrogen and oxygen atoms in total. The van der Waals surface area contributed by atoms with E-state index in [9.17, 15) is 9.90 Å². The first-order chi connectivity index (χ1) is 8.02. The molecule has 2 N–H and O–H groups in total. The maximum atomic E-state index is 11.8. The Bertz CT molecular complexity index is 378. The van der Waals surface area contributed by atoms with Crippen LogP contribution in [0.25, 0.3) is 0 Å². The molecule has 0 fully saturated rings. The zero-order valence-corrected chi connectivity index (χ0v) is 11.9. The second kappa shape index (κ2) is 6.99. The van der Waals surface area contributed by atoms with Crippen LogP contribution < -0.4 is 5.32 Å². The van der Waals surface area contributed by atoms with Crippen LogP contribution in [0.3, 0.4) is 0 Å². The standard InChI is InChI=1S/C12H15BrClNO2/c1-2-3-11(16)7-15-12(17)8-4-9(13)6-10(14)5-8/h4-6,11,16H,2-3,7H2,1H3,(H,15,17). The summed E-state index contributed by atoms with van der Waals surface area (Å²) in [6, 6.07) is 4.99. The Morgan fingerprint density at radius 1 is 1.53 bits per heavy atom. The molecule has 0 radical (unpaired) electrons. The first-order valence-corrected chi connectivity index (χ1v) is 6.62. The molecule has 0 aliphatic carbocycles. The molecular formula is C12H15BrClNO2. The lowest BCUT2D eigenvalue weighted by atomic mass is 10.2. The number of rotatable bonds is 5. The van der Waals surface area contributed by atoms with Gasteiger partial charge in [-0.15, -0.1) is 0 Å². The third kappa shape index (κ3) is 5.06. The number of benzene rings is 1. The Morgan fingerprint density at radius 3 is 2.82 bits per heavy atom. The topological polar surface area (TPSA) is 49.3 Å². The minimum Gasteiger partial charge on any atom is -0.391 e. The molecule has 0 bridgehead atoms. The normalized spacial score (nSPS) is 12.2. The van der Waals surface area contributed by atoms with Crippen molar-refractivity contribution in [3.05, 3.63) is 33.3 Å². The van der Waals surface area contributed by atoms with Gasteiger partial charge >= 0.3 is 0 Å². The Labute approximate surface area is 114 Å². The van der Waals surface area contributed by atoms with E-state index < -0.39 is 6.10 Å². The van der Waals surface area contributed by atoms with E-state index >= 15 is 0 Å². The largest absolute Gasteiger partial charge is 0.391 e. The molecule has 0 spiro atoms. The molecule has 1 aromatic rings. The molecule has 0 aliphatic heterocycles. The fourth-order valence-electron chi connectivity index (χ4n) is 1.43. The van der Waals surface area contributed by atoms with Crippen molar-refractivity contribution in [3.8, 4) is 0 Å². The maximum Gasteiger partial charge on any atom is 0.251 e. The molecule has 1 unspecified atom stereocenters. The monoisotopic (exact) mass is 319 g/mol. The number of aliphatic hydroxyl groups is 1. The quantitative estimate of drug-likeness (QED) is 0.876. The van der Waals surface area contributed by atoms with E-state index in [2.05, 4.69) is 21.2 Å². The molecule has 0 saturated heterocycles. The highest BCUT2D eigenvalue weighted by molar-refractivity contribution is 9.10. The molecule has 1 aromatic carbocycles. The van der Waals surface area contributed by atoms with Crippen molar-refractivity contribution < 1.29 is 9.90 Å². The van der Waals surface area contributed by atoms with Crippen LogP contribution in [0.1, 0.15) is 30.1 Å². The predicted molar refractivity (Wildman–Crippen MR) is 72.4 cm³/mol. The highest BCUT2D eigenvalue weighted by Gasteiger charge is 2.09. The van der Waals surface area contributed by atoms with Crippen molar-refractivity contribution in [3.63, 3.8) is 0 Å². The molecule has 17 heavy (non-hydrogen) atoms. The molecule has 5 heteroatoms. The number of carbonyl (C=O) groups excluding carboxylic acids is 1. The van der Waals surface area contributed by atoms with Gasteiger partial charge in [-0.25, -0.2) is 0 Å². The zero-order valence-electron chi connectivity index (χ0n) is 9.54. The molecule has 0 aliphatic rings. The van der Waals surface area contributed by atoms with Crippen LogP contribution in [0.2, 0.25) is 5.02 Å². The second-order valence-electron chi connectivity index (χ2n) is 3.81. The van der Waals surface area contributed by atoms with Gasteiger partial charge in [0.15, 0.2) is 0 Å². The minimum atomic E-state index is -0.494. The first kappa shape index (κ1) is 14.5. The molecule has 0 saturated carbocycles. The lowest BCUT2D eigenvalue weighted by molar-refractivity contribution is 0.0910. The van der Waals surface area contributed by atoms with Gasteiger partial charge < -0.3 is 10.4 Å². The van der Waals surface area contributed by atoms with Gasteiger partial charge in [-0.3, -0.25) is 4.79 Å². The zero-order chi connectivity index (χ0) is 12.8. The van der Waals surface area contributed by atoms with Crippen molar-refractivity contribution in [2.45, 2.75) is 25.9 Å². The summed E-state index contributed by atoms with van der Waals surface area (Å²) < 4.78 is 0.754. The van der Waals surface area contributed by atoms with Crippen LogP contribution >= 0.6 is 27.5 Å². The fraction of sp³-hybridized carbons (Fsp3) is 0.417. The molecule has 1 amide bonds. The number of amides is 1. The van der Waals surface area contributed by atoms with Crippen LogP contribution in [0.4, 0.5) is 0 Å². The summed E-state index contributed by atoms with van der Waals surface area (Å²) in [7, 11) is 0. The van der Waals surface area contributed by atoms with E-state index in [-0.39, 0.29) is 12.5 Å². The molecule has 0 aromatic heterocycles. The number of aliphatic hydroxyl groups excluding tert-OH is 1. The smallest absolute Gasteiger partial charge is 0.251 e. The Balaban J connectivity index is 2.58. The number of hydrogen-bond acceptors (Lipinski definition) is 2. The van der Waals surface area contributed by atoms with E-state index in [1.54, 1.807) is 18.2 Å². The SMILES string of the molecule is CCCC(O)CNC(=O)c1cc(Cl)cc(Br)c1. The van der Waals surface area contributed by atoms with Crippen LogP contribution in [-0.2, 0) is 0 Å². The summed E-state index contributed by atoms with van der Waals surface area (Å²) in [5.74, 6) is -0.233. The number of carbonyl (C=O) groups is 1. The Kier molecular flexibility index (Phi) is 5.95. The maximum absolute atomic E-state index is 11.8. The van der Waals surface area contributed by atoms with Crippen molar-refractivity contribution in [1.29, 1.82) is 0 Å². The van der Waals surface area contributed by atoms with E-state index in [1.165, 1.54) is 0 Å². The highest BCUT2D eigenvalue weighted by Crippen LogP contribution is 2.19. The van der Waals surface area contributed by atoms with Gasteiger partial charge in [-0.1, -0.05) is 40.9 Å². The summed E-state index contributed by atoms with van der Waals surface area (Å²) >= 11 is 9.12. The summed E-state index contributed by atoms with van der Waals surface area (Å²) in [6.45, 7) is 2.25. The Morgan fingerprint density at radius 2 is 2.24 bits per heavy atom. The molecule has 94 valence electrons. The number of nitrogens with one attached hydrogen (secondary N) is 1. The van der Waals surface area contributed by atoms with Gasteiger partial charge in [-0.05, 0) is 24.6 Å². The first-order valence-electron chi connectivity index (χ1n) is 5.45. The summed E-state index contributed by atoms with van der Waals surface area (Å²) in [6.07, 6.45) is 1.07. The fourth-order valence-corrected chi connectivity index (χ4v) is 2.29. The summed E-state index contributed by atoms with van der Waals surface area (Å²) in [5.41, 5.74) is 0.480. The summed E-state index contributed by atoms with van der Waals surface area (Å²) in [4.78, 5) is 11.8. The van der Waals surface area contributed by atoms with Crippen LogP contribution in [0, 0.1) is 0 Å². The lowest BCUT2D eigenvalue weighted by Gasteiger charge is -2.11. The Hall–Kier alpha value is -0.580. The van der Waals surface area contributed by atoms with Gasteiger partial charge in [0.1, 0.15) is 0 Å². The molecular weight excluding hydrogens is 305 g/mol. The van der Waals surface area contributed by atoms with Crippen molar-refractivity contribution in [2.24, 2.45) is 0 Å². The second-order valence-corrected chi connectivity index (χ2v) is 5.16. The van der Waals surface area contributed by atoms with Gasteiger partial charge in [-0.2, -0.15) is 0 Å². The van der Waals surface area contributed by atoms with Crippen molar-refractivity contribution in [2.75, 3.05) is 6.54 Å². The predicted octanol–water partition coefficient (Wildman–Crippen LogP) is 2.99. The lowest BCUT2D eigenvalue weighted by Crippen LogP contribution is -2.32. The van der Waals surface area contributed by atoms with Crippen LogP contribution in [-0.4, -0.2) is 23.7 Å². The highest BCUT2D eigenvalue weighted by atomic mass is 79.9. The van der Waals surface area contributed by atoms with Crippen molar-refractivity contribution >= 4 is 33.4 Å². The van der Waals surface area contributed by atoms with Gasteiger partial charge in [0.2, 0.25) is 0 Å². The summed E-state index contributed by atoms with van der Waals surface area (Å²) in [5, 5.41) is 12.7. The third-order valence-electron chi connectivity index (χ3n) is 2.24. The van der Waals surface area contributed by atoms with E-state index in [1.807, 2.05) is 6.92 Å². The molecule has 1 atom stereocenters. The van der Waals surface area contributed by atoms with Crippen molar-refractivity contribution in [1.82, 2.24) is 5.32 Å². The molecule has 0 heterocycles. The van der Waals surface area contributed by atoms with Crippen LogP contribution in [0.15, 0.2) is 22.7 Å². The van der Waals surface area contributed by atoms with E-state index in [0.29, 0.717) is 17.0 Å².